The number of carbonyl (C=O) groups excluding carboxylic acids is 1. The van der Waals surface area contributed by atoms with Crippen molar-refractivity contribution in [1.29, 1.82) is 10.5 Å². The molecule has 5 heteroatoms. The molecule has 2 aliphatic rings. The molecule has 0 aliphatic heterocycles. The Labute approximate surface area is 177 Å². The SMILES string of the molecule is CC1(C)CC(/C=C/C2=CC=C(OC(=O)c3ccccn3)CC2)=CC(=C(C#N)C#N)C1. The predicted octanol–water partition coefficient (Wildman–Crippen LogP) is 5.49. The molecule has 1 aromatic rings. The average Bonchev–Trinajstić information content (AvgIpc) is 2.74. The van der Waals surface area contributed by atoms with E-state index < -0.39 is 5.97 Å². The van der Waals surface area contributed by atoms with E-state index in [-0.39, 0.29) is 16.7 Å². The number of rotatable bonds is 4. The third-order valence-electron chi connectivity index (χ3n) is 5.01. The Morgan fingerprint density at radius 2 is 1.87 bits per heavy atom. The smallest absolute Gasteiger partial charge is 0.361 e. The van der Waals surface area contributed by atoms with E-state index >= 15 is 0 Å². The number of hydrogen-bond acceptors (Lipinski definition) is 5. The Bertz CT molecular complexity index is 1060. The van der Waals surface area contributed by atoms with Crippen LogP contribution in [0.3, 0.4) is 0 Å². The van der Waals surface area contributed by atoms with Crippen LogP contribution in [-0.2, 0) is 4.74 Å². The van der Waals surface area contributed by atoms with Crippen molar-refractivity contribution in [3.8, 4) is 12.1 Å². The summed E-state index contributed by atoms with van der Waals surface area (Å²) in [7, 11) is 0. The fraction of sp³-hybridized carbons (Fsp3) is 0.280. The molecule has 5 nitrogen and oxygen atoms in total. The highest BCUT2D eigenvalue weighted by molar-refractivity contribution is 5.87. The molecule has 0 radical (unpaired) electrons. The van der Waals surface area contributed by atoms with Crippen molar-refractivity contribution in [2.75, 3.05) is 0 Å². The van der Waals surface area contributed by atoms with Gasteiger partial charge in [0, 0.05) is 12.6 Å². The number of esters is 1. The Balaban J connectivity index is 1.71. The second kappa shape index (κ2) is 9.20. The molecule has 1 aromatic heterocycles. The second-order valence-electron chi connectivity index (χ2n) is 8.17. The highest BCUT2D eigenvalue weighted by atomic mass is 16.5. The Kier molecular flexibility index (Phi) is 6.45. The lowest BCUT2D eigenvalue weighted by molar-refractivity contribution is 0.0606. The maximum atomic E-state index is 12.1. The van der Waals surface area contributed by atoms with E-state index in [2.05, 4.69) is 31.0 Å². The molecule has 30 heavy (non-hydrogen) atoms. The van der Waals surface area contributed by atoms with Gasteiger partial charge in [0.25, 0.3) is 0 Å². The van der Waals surface area contributed by atoms with Crippen LogP contribution in [0.4, 0.5) is 0 Å². The monoisotopic (exact) mass is 397 g/mol. The number of nitrogens with zero attached hydrogens (tertiary/aromatic N) is 3. The molecular weight excluding hydrogens is 374 g/mol. The van der Waals surface area contributed by atoms with Crippen LogP contribution in [0.5, 0.6) is 0 Å². The average molecular weight is 397 g/mol. The quantitative estimate of drug-likeness (QED) is 0.495. The molecule has 1 heterocycles. The largest absolute Gasteiger partial charge is 0.426 e. The first-order valence-corrected chi connectivity index (χ1v) is 9.85. The van der Waals surface area contributed by atoms with Crippen LogP contribution >= 0.6 is 0 Å². The van der Waals surface area contributed by atoms with Crippen molar-refractivity contribution in [3.63, 3.8) is 0 Å². The summed E-state index contributed by atoms with van der Waals surface area (Å²) in [5.41, 5.74) is 3.50. The molecule has 0 amide bonds. The van der Waals surface area contributed by atoms with E-state index in [1.165, 1.54) is 0 Å². The van der Waals surface area contributed by atoms with Crippen LogP contribution in [0.1, 0.15) is 50.0 Å². The van der Waals surface area contributed by atoms with Gasteiger partial charge in [-0.15, -0.1) is 0 Å². The van der Waals surface area contributed by atoms with Crippen LogP contribution in [0.15, 0.2) is 82.8 Å². The minimum Gasteiger partial charge on any atom is -0.426 e. The Morgan fingerprint density at radius 1 is 1.10 bits per heavy atom. The fourth-order valence-corrected chi connectivity index (χ4v) is 3.62. The van der Waals surface area contributed by atoms with Crippen LogP contribution in [-0.4, -0.2) is 11.0 Å². The molecule has 0 bridgehead atoms. The van der Waals surface area contributed by atoms with Gasteiger partial charge >= 0.3 is 5.97 Å². The van der Waals surface area contributed by atoms with E-state index in [9.17, 15) is 15.3 Å². The summed E-state index contributed by atoms with van der Waals surface area (Å²) in [6, 6.07) is 9.13. The molecule has 0 unspecified atom stereocenters. The molecule has 0 aromatic carbocycles. The molecule has 0 atom stereocenters. The van der Waals surface area contributed by atoms with Crippen LogP contribution in [0.2, 0.25) is 0 Å². The summed E-state index contributed by atoms with van der Waals surface area (Å²) in [5, 5.41) is 18.4. The number of aromatic nitrogens is 1. The normalized spacial score (nSPS) is 17.9. The van der Waals surface area contributed by atoms with Gasteiger partial charge in [-0.1, -0.05) is 44.2 Å². The van der Waals surface area contributed by atoms with Crippen molar-refractivity contribution >= 4 is 5.97 Å². The molecular formula is C25H23N3O2. The van der Waals surface area contributed by atoms with E-state index in [4.69, 9.17) is 4.74 Å². The Morgan fingerprint density at radius 3 is 2.50 bits per heavy atom. The van der Waals surface area contributed by atoms with Crippen molar-refractivity contribution in [1.82, 2.24) is 4.98 Å². The number of carbonyl (C=O) groups is 1. The van der Waals surface area contributed by atoms with Gasteiger partial charge in [-0.05, 0) is 59.6 Å². The topological polar surface area (TPSA) is 86.8 Å². The molecule has 0 saturated heterocycles. The van der Waals surface area contributed by atoms with Gasteiger partial charge in [-0.2, -0.15) is 10.5 Å². The molecule has 0 fully saturated rings. The predicted molar refractivity (Wildman–Crippen MR) is 114 cm³/mol. The van der Waals surface area contributed by atoms with E-state index in [0.717, 1.165) is 36.0 Å². The number of hydrogen-bond donors (Lipinski definition) is 0. The second-order valence-corrected chi connectivity index (χ2v) is 8.17. The minimum atomic E-state index is -0.450. The highest BCUT2D eigenvalue weighted by Gasteiger charge is 2.26. The lowest BCUT2D eigenvalue weighted by Gasteiger charge is -2.30. The molecule has 150 valence electrons. The Hall–Kier alpha value is -3.70. The summed E-state index contributed by atoms with van der Waals surface area (Å²) in [5.74, 6) is 0.174. The maximum absolute atomic E-state index is 12.1. The third kappa shape index (κ3) is 5.43. The van der Waals surface area contributed by atoms with Crippen LogP contribution in [0.25, 0.3) is 0 Å². The molecule has 3 rings (SSSR count). The summed E-state index contributed by atoms with van der Waals surface area (Å²) in [4.78, 5) is 16.1. The molecule has 0 N–H and O–H groups in total. The standard InChI is InChI=1S/C25H23N3O2/c1-25(2)14-19(13-20(15-25)21(16-26)17-27)7-6-18-8-10-22(11-9-18)30-24(29)23-5-3-4-12-28-23/h3-8,10,12-13H,9,11,14-15H2,1-2H3/b7-6+. The fourth-order valence-electron chi connectivity index (χ4n) is 3.62. The summed E-state index contributed by atoms with van der Waals surface area (Å²) in [6.45, 7) is 4.29. The lowest BCUT2D eigenvalue weighted by Crippen LogP contribution is -2.17. The van der Waals surface area contributed by atoms with Gasteiger partial charge in [0.1, 0.15) is 29.2 Å². The summed E-state index contributed by atoms with van der Waals surface area (Å²) < 4.78 is 5.42. The van der Waals surface area contributed by atoms with Crippen LogP contribution < -0.4 is 0 Å². The number of allylic oxidation sites excluding steroid dienone is 10. The number of pyridine rings is 1. The van der Waals surface area contributed by atoms with Gasteiger partial charge < -0.3 is 4.74 Å². The summed E-state index contributed by atoms with van der Waals surface area (Å²) in [6.07, 6.45) is 14.4. The lowest BCUT2D eigenvalue weighted by atomic mass is 9.74. The zero-order chi connectivity index (χ0) is 21.6. The first kappa shape index (κ1) is 21.0. The van der Waals surface area contributed by atoms with Crippen molar-refractivity contribution in [2.45, 2.75) is 39.5 Å². The first-order valence-electron chi connectivity index (χ1n) is 9.85. The van der Waals surface area contributed by atoms with Gasteiger partial charge in [0.2, 0.25) is 0 Å². The minimum absolute atomic E-state index is 0.00357. The van der Waals surface area contributed by atoms with Gasteiger partial charge in [-0.3, -0.25) is 0 Å². The zero-order valence-corrected chi connectivity index (χ0v) is 17.2. The van der Waals surface area contributed by atoms with Gasteiger partial charge in [0.15, 0.2) is 0 Å². The van der Waals surface area contributed by atoms with Gasteiger partial charge in [-0.25, -0.2) is 9.78 Å². The van der Waals surface area contributed by atoms with Crippen molar-refractivity contribution in [3.05, 3.63) is 88.5 Å². The van der Waals surface area contributed by atoms with E-state index in [1.54, 1.807) is 24.4 Å². The maximum Gasteiger partial charge on any atom is 0.361 e. The van der Waals surface area contributed by atoms with Crippen molar-refractivity contribution in [2.24, 2.45) is 5.41 Å². The number of nitriles is 2. The van der Waals surface area contributed by atoms with Crippen LogP contribution in [0, 0.1) is 28.1 Å². The molecule has 2 aliphatic carbocycles. The molecule has 0 spiro atoms. The van der Waals surface area contributed by atoms with Gasteiger partial charge in [0.05, 0.1) is 0 Å². The number of ether oxygens (including phenoxy) is 1. The van der Waals surface area contributed by atoms with E-state index in [0.29, 0.717) is 12.2 Å². The zero-order valence-electron chi connectivity index (χ0n) is 17.2. The first-order chi connectivity index (χ1) is 14.4. The van der Waals surface area contributed by atoms with E-state index in [1.807, 2.05) is 30.4 Å². The van der Waals surface area contributed by atoms with Crippen molar-refractivity contribution < 1.29 is 9.53 Å². The third-order valence-corrected chi connectivity index (χ3v) is 5.01. The highest BCUT2D eigenvalue weighted by Crippen LogP contribution is 2.39. The summed E-state index contributed by atoms with van der Waals surface area (Å²) >= 11 is 0. The molecule has 0 saturated carbocycles.